The van der Waals surface area contributed by atoms with Gasteiger partial charge in [-0.25, -0.2) is 4.98 Å². The van der Waals surface area contributed by atoms with Crippen molar-refractivity contribution in [2.24, 2.45) is 0 Å². The first kappa shape index (κ1) is 18.0. The number of methoxy groups -OCH3 is 1. The van der Waals surface area contributed by atoms with Gasteiger partial charge in [-0.05, 0) is 36.8 Å². The number of aromatic nitrogens is 1. The SMILES string of the molecule is COc1ccc(N2CCN(Cc3csc(-c4ccccc4C)n3)CC2)cc1. The second-order valence-corrected chi connectivity index (χ2v) is 7.78. The van der Waals surface area contributed by atoms with Crippen molar-refractivity contribution in [2.75, 3.05) is 38.2 Å². The molecule has 140 valence electrons. The van der Waals surface area contributed by atoms with Gasteiger partial charge in [-0.15, -0.1) is 11.3 Å². The number of nitrogens with zero attached hydrogens (tertiary/aromatic N) is 3. The summed E-state index contributed by atoms with van der Waals surface area (Å²) in [5, 5.41) is 3.33. The smallest absolute Gasteiger partial charge is 0.123 e. The quantitative estimate of drug-likeness (QED) is 0.655. The van der Waals surface area contributed by atoms with Gasteiger partial charge in [0, 0.05) is 49.4 Å². The Balaban J connectivity index is 1.35. The third-order valence-electron chi connectivity index (χ3n) is 5.12. The van der Waals surface area contributed by atoms with E-state index in [4.69, 9.17) is 9.72 Å². The number of thiazole rings is 1. The Morgan fingerprint density at radius 1 is 1.00 bits per heavy atom. The molecule has 1 aliphatic heterocycles. The Morgan fingerprint density at radius 3 is 2.44 bits per heavy atom. The van der Waals surface area contributed by atoms with Crippen LogP contribution in [-0.2, 0) is 6.54 Å². The number of benzene rings is 2. The molecule has 1 aliphatic rings. The van der Waals surface area contributed by atoms with Gasteiger partial charge in [0.25, 0.3) is 0 Å². The fourth-order valence-corrected chi connectivity index (χ4v) is 4.40. The lowest BCUT2D eigenvalue weighted by atomic mass is 10.1. The lowest BCUT2D eigenvalue weighted by molar-refractivity contribution is 0.247. The molecular formula is C22H25N3OS. The van der Waals surface area contributed by atoms with Crippen LogP contribution in [0.3, 0.4) is 0 Å². The van der Waals surface area contributed by atoms with E-state index in [2.05, 4.69) is 58.5 Å². The van der Waals surface area contributed by atoms with Crippen molar-refractivity contribution in [1.82, 2.24) is 9.88 Å². The highest BCUT2D eigenvalue weighted by atomic mass is 32.1. The van der Waals surface area contributed by atoms with Crippen LogP contribution in [0.25, 0.3) is 10.6 Å². The van der Waals surface area contributed by atoms with E-state index in [1.54, 1.807) is 18.4 Å². The molecule has 5 heteroatoms. The summed E-state index contributed by atoms with van der Waals surface area (Å²) in [6.45, 7) is 7.28. The Bertz CT molecular complexity index is 883. The Hall–Kier alpha value is -2.37. The van der Waals surface area contributed by atoms with E-state index in [1.807, 2.05) is 12.1 Å². The molecule has 27 heavy (non-hydrogen) atoms. The monoisotopic (exact) mass is 379 g/mol. The standard InChI is InChI=1S/C22H25N3OS/c1-17-5-3-4-6-21(17)22-23-18(16-27-22)15-24-11-13-25(14-12-24)19-7-9-20(26-2)10-8-19/h3-10,16H,11-15H2,1-2H3. The Labute approximate surface area is 165 Å². The molecule has 0 amide bonds. The van der Waals surface area contributed by atoms with Gasteiger partial charge in [-0.2, -0.15) is 0 Å². The van der Waals surface area contributed by atoms with Crippen LogP contribution in [0.4, 0.5) is 5.69 Å². The van der Waals surface area contributed by atoms with Crippen LogP contribution in [0, 0.1) is 6.92 Å². The maximum absolute atomic E-state index is 5.25. The maximum Gasteiger partial charge on any atom is 0.123 e. The summed E-state index contributed by atoms with van der Waals surface area (Å²) in [5.74, 6) is 0.908. The fourth-order valence-electron chi connectivity index (χ4n) is 3.50. The van der Waals surface area contributed by atoms with Gasteiger partial charge in [-0.3, -0.25) is 4.90 Å². The average Bonchev–Trinajstić information content (AvgIpc) is 3.17. The number of aryl methyl sites for hydroxylation is 1. The van der Waals surface area contributed by atoms with Crippen LogP contribution < -0.4 is 9.64 Å². The largest absolute Gasteiger partial charge is 0.497 e. The third-order valence-corrected chi connectivity index (χ3v) is 6.05. The van der Waals surface area contributed by atoms with E-state index < -0.39 is 0 Å². The molecule has 0 radical (unpaired) electrons. The van der Waals surface area contributed by atoms with Crippen LogP contribution in [0.1, 0.15) is 11.3 Å². The number of hydrogen-bond acceptors (Lipinski definition) is 5. The van der Waals surface area contributed by atoms with E-state index >= 15 is 0 Å². The molecule has 1 saturated heterocycles. The summed E-state index contributed by atoms with van der Waals surface area (Å²) in [5.41, 5.74) is 4.98. The molecule has 2 heterocycles. The summed E-state index contributed by atoms with van der Waals surface area (Å²) in [7, 11) is 1.71. The normalized spacial score (nSPS) is 15.1. The molecule has 0 saturated carbocycles. The van der Waals surface area contributed by atoms with Gasteiger partial charge < -0.3 is 9.64 Å². The predicted molar refractivity (Wildman–Crippen MR) is 113 cm³/mol. The molecule has 0 spiro atoms. The Kier molecular flexibility index (Phi) is 5.41. The Morgan fingerprint density at radius 2 is 1.74 bits per heavy atom. The average molecular weight is 380 g/mol. The molecule has 0 bridgehead atoms. The highest BCUT2D eigenvalue weighted by Crippen LogP contribution is 2.27. The van der Waals surface area contributed by atoms with E-state index in [9.17, 15) is 0 Å². The van der Waals surface area contributed by atoms with Crippen LogP contribution in [-0.4, -0.2) is 43.2 Å². The van der Waals surface area contributed by atoms with Crippen LogP contribution in [0.15, 0.2) is 53.9 Å². The number of hydrogen-bond donors (Lipinski definition) is 0. The van der Waals surface area contributed by atoms with Crippen molar-refractivity contribution in [2.45, 2.75) is 13.5 Å². The summed E-state index contributed by atoms with van der Waals surface area (Å²) >= 11 is 1.75. The molecular weight excluding hydrogens is 354 g/mol. The molecule has 0 unspecified atom stereocenters. The molecule has 2 aromatic carbocycles. The number of anilines is 1. The van der Waals surface area contributed by atoms with E-state index in [0.717, 1.165) is 43.5 Å². The van der Waals surface area contributed by atoms with E-state index in [0.29, 0.717) is 0 Å². The summed E-state index contributed by atoms with van der Waals surface area (Å²) in [6, 6.07) is 16.8. The van der Waals surface area contributed by atoms with Crippen molar-refractivity contribution in [3.63, 3.8) is 0 Å². The zero-order valence-corrected chi connectivity index (χ0v) is 16.7. The molecule has 1 fully saturated rings. The van der Waals surface area contributed by atoms with Gasteiger partial charge in [0.1, 0.15) is 10.8 Å². The van der Waals surface area contributed by atoms with Crippen LogP contribution in [0.5, 0.6) is 5.75 Å². The molecule has 0 aliphatic carbocycles. The highest BCUT2D eigenvalue weighted by Gasteiger charge is 2.18. The predicted octanol–water partition coefficient (Wildman–Crippen LogP) is 4.45. The summed E-state index contributed by atoms with van der Waals surface area (Å²) in [6.07, 6.45) is 0. The molecule has 4 nitrogen and oxygen atoms in total. The fraction of sp³-hybridized carbons (Fsp3) is 0.318. The minimum atomic E-state index is 0.908. The highest BCUT2D eigenvalue weighted by molar-refractivity contribution is 7.13. The lowest BCUT2D eigenvalue weighted by Gasteiger charge is -2.35. The minimum Gasteiger partial charge on any atom is -0.497 e. The summed E-state index contributed by atoms with van der Waals surface area (Å²) < 4.78 is 5.25. The van der Waals surface area contributed by atoms with Gasteiger partial charge >= 0.3 is 0 Å². The first-order valence-corrected chi connectivity index (χ1v) is 10.2. The van der Waals surface area contributed by atoms with Crippen molar-refractivity contribution >= 4 is 17.0 Å². The molecule has 0 atom stereocenters. The first-order valence-electron chi connectivity index (χ1n) is 9.35. The van der Waals surface area contributed by atoms with E-state index in [-0.39, 0.29) is 0 Å². The van der Waals surface area contributed by atoms with E-state index in [1.165, 1.54) is 22.5 Å². The van der Waals surface area contributed by atoms with Gasteiger partial charge in [0.2, 0.25) is 0 Å². The number of piperazine rings is 1. The number of rotatable bonds is 5. The topological polar surface area (TPSA) is 28.6 Å². The molecule has 1 aromatic heterocycles. The summed E-state index contributed by atoms with van der Waals surface area (Å²) in [4.78, 5) is 9.82. The number of ether oxygens (including phenoxy) is 1. The minimum absolute atomic E-state index is 0.908. The van der Waals surface area contributed by atoms with Crippen LogP contribution in [0.2, 0.25) is 0 Å². The van der Waals surface area contributed by atoms with Gasteiger partial charge in [0.15, 0.2) is 0 Å². The van der Waals surface area contributed by atoms with Crippen molar-refractivity contribution < 1.29 is 4.74 Å². The molecule has 0 N–H and O–H groups in total. The first-order chi connectivity index (χ1) is 13.2. The molecule has 3 aromatic rings. The second kappa shape index (κ2) is 8.11. The third kappa shape index (κ3) is 4.15. The van der Waals surface area contributed by atoms with Gasteiger partial charge in [0.05, 0.1) is 12.8 Å². The lowest BCUT2D eigenvalue weighted by Crippen LogP contribution is -2.46. The maximum atomic E-state index is 5.25. The van der Waals surface area contributed by atoms with Crippen molar-refractivity contribution in [3.8, 4) is 16.3 Å². The van der Waals surface area contributed by atoms with Crippen molar-refractivity contribution in [3.05, 3.63) is 65.2 Å². The zero-order chi connectivity index (χ0) is 18.6. The van der Waals surface area contributed by atoms with Gasteiger partial charge in [-0.1, -0.05) is 24.3 Å². The van der Waals surface area contributed by atoms with Crippen LogP contribution >= 0.6 is 11.3 Å². The zero-order valence-electron chi connectivity index (χ0n) is 15.9. The second-order valence-electron chi connectivity index (χ2n) is 6.92. The van der Waals surface area contributed by atoms with Crippen molar-refractivity contribution in [1.29, 1.82) is 0 Å². The molecule has 4 rings (SSSR count).